The summed E-state index contributed by atoms with van der Waals surface area (Å²) in [6.07, 6.45) is 0. The Morgan fingerprint density at radius 3 is 2.62 bits per heavy atom. The Morgan fingerprint density at radius 1 is 1.03 bits per heavy atom. The summed E-state index contributed by atoms with van der Waals surface area (Å²) in [7, 11) is 0. The molecule has 148 valence electrons. The van der Waals surface area contributed by atoms with Crippen LogP contribution in [0, 0.1) is 0 Å². The van der Waals surface area contributed by atoms with E-state index >= 15 is 0 Å². The number of aromatic nitrogens is 2. The summed E-state index contributed by atoms with van der Waals surface area (Å²) in [6, 6.07) is 12.0. The number of aromatic amines is 1. The van der Waals surface area contributed by atoms with Crippen molar-refractivity contribution in [3.05, 3.63) is 58.5 Å². The number of carbonyl (C=O) groups is 2. The molecule has 29 heavy (non-hydrogen) atoms. The number of nitrogens with one attached hydrogen (secondary N) is 3. The molecular formula is C19H16N4O5S. The highest BCUT2D eigenvalue weighted by molar-refractivity contribution is 8.00. The van der Waals surface area contributed by atoms with Crippen molar-refractivity contribution in [2.45, 2.75) is 4.90 Å². The Kier molecular flexibility index (Phi) is 5.34. The Morgan fingerprint density at radius 2 is 1.79 bits per heavy atom. The lowest BCUT2D eigenvalue weighted by Crippen LogP contribution is -2.43. The predicted molar refractivity (Wildman–Crippen MR) is 106 cm³/mol. The molecule has 0 aliphatic carbocycles. The Hall–Kier alpha value is -3.53. The van der Waals surface area contributed by atoms with E-state index in [0.717, 1.165) is 4.90 Å². The first-order chi connectivity index (χ1) is 14.1. The molecule has 0 saturated carbocycles. The zero-order chi connectivity index (χ0) is 20.2. The summed E-state index contributed by atoms with van der Waals surface area (Å²) in [5.74, 6) is 0.380. The fraction of sp³-hybridized carbons (Fsp3) is 0.158. The zero-order valence-electron chi connectivity index (χ0n) is 15.1. The third-order valence-corrected chi connectivity index (χ3v) is 5.10. The Labute approximate surface area is 168 Å². The number of hydrogen-bond acceptors (Lipinski definition) is 7. The van der Waals surface area contributed by atoms with E-state index in [1.54, 1.807) is 36.4 Å². The lowest BCUT2D eigenvalue weighted by molar-refractivity contribution is -0.119. The number of carbonyl (C=O) groups excluding carboxylic acids is 2. The summed E-state index contributed by atoms with van der Waals surface area (Å²) in [4.78, 5) is 37.1. The van der Waals surface area contributed by atoms with Gasteiger partial charge in [0.15, 0.2) is 17.2 Å². The van der Waals surface area contributed by atoms with Crippen molar-refractivity contribution in [1.29, 1.82) is 0 Å². The first-order valence-electron chi connectivity index (χ1n) is 8.71. The van der Waals surface area contributed by atoms with E-state index in [2.05, 4.69) is 21.0 Å². The number of benzene rings is 2. The normalized spacial score (nSPS) is 12.4. The molecule has 0 atom stereocenters. The number of nitrogens with zero attached hydrogens (tertiary/aromatic N) is 1. The first-order valence-corrected chi connectivity index (χ1v) is 9.69. The molecule has 10 heteroatoms. The molecule has 2 amide bonds. The quantitative estimate of drug-likeness (QED) is 0.435. The van der Waals surface area contributed by atoms with E-state index in [0.29, 0.717) is 35.5 Å². The van der Waals surface area contributed by atoms with Gasteiger partial charge < -0.3 is 9.47 Å². The van der Waals surface area contributed by atoms with Crippen molar-refractivity contribution in [3.63, 3.8) is 0 Å². The van der Waals surface area contributed by atoms with Gasteiger partial charge in [-0.25, -0.2) is 5.10 Å². The largest absolute Gasteiger partial charge is 0.486 e. The fourth-order valence-electron chi connectivity index (χ4n) is 2.77. The molecule has 3 N–H and O–H groups in total. The number of thioether (sulfide) groups is 1. The molecule has 0 spiro atoms. The second kappa shape index (κ2) is 8.23. The van der Waals surface area contributed by atoms with Gasteiger partial charge >= 0.3 is 0 Å². The molecule has 1 aromatic heterocycles. The van der Waals surface area contributed by atoms with Crippen LogP contribution in [0.3, 0.4) is 0 Å². The van der Waals surface area contributed by atoms with E-state index in [1.165, 1.54) is 11.8 Å². The van der Waals surface area contributed by atoms with Crippen LogP contribution < -0.4 is 25.9 Å². The minimum atomic E-state index is -0.630. The lowest BCUT2D eigenvalue weighted by atomic mass is 10.1. The summed E-state index contributed by atoms with van der Waals surface area (Å²) >= 11 is 1.29. The lowest BCUT2D eigenvalue weighted by Gasteiger charge is -2.18. The molecule has 1 aliphatic rings. The molecule has 9 nitrogen and oxygen atoms in total. The van der Waals surface area contributed by atoms with Crippen LogP contribution in [0.2, 0.25) is 0 Å². The highest BCUT2D eigenvalue weighted by Crippen LogP contribution is 2.34. The van der Waals surface area contributed by atoms with E-state index in [-0.39, 0.29) is 11.4 Å². The van der Waals surface area contributed by atoms with E-state index in [1.807, 2.05) is 6.07 Å². The average Bonchev–Trinajstić information content (AvgIpc) is 2.76. The first kappa shape index (κ1) is 18.8. The van der Waals surface area contributed by atoms with Crippen molar-refractivity contribution < 1.29 is 19.1 Å². The minimum Gasteiger partial charge on any atom is -0.486 e. The zero-order valence-corrected chi connectivity index (χ0v) is 15.9. The second-order valence-electron chi connectivity index (χ2n) is 6.04. The van der Waals surface area contributed by atoms with Gasteiger partial charge in [0, 0.05) is 10.3 Å². The van der Waals surface area contributed by atoms with Gasteiger partial charge in [0.2, 0.25) is 5.91 Å². The summed E-state index contributed by atoms with van der Waals surface area (Å²) < 4.78 is 11.0. The molecule has 0 saturated heterocycles. The number of ether oxygens (including phenoxy) is 2. The standard InChI is InChI=1S/C19H16N4O5S/c24-16(10-29-11-5-6-14-15(9-11)28-8-7-27-14)20-23-19(26)17-12-3-1-2-4-13(12)18(25)22-21-17/h1-6,9H,7-8,10H2,(H,20,24)(H,22,25)(H,23,26). The Balaban J connectivity index is 1.35. The topological polar surface area (TPSA) is 122 Å². The van der Waals surface area contributed by atoms with Gasteiger partial charge in [0.1, 0.15) is 13.2 Å². The van der Waals surface area contributed by atoms with Crippen LogP contribution in [0.4, 0.5) is 0 Å². The maximum absolute atomic E-state index is 12.4. The number of H-pyrrole nitrogens is 1. The van der Waals surface area contributed by atoms with Gasteiger partial charge in [-0.15, -0.1) is 11.8 Å². The van der Waals surface area contributed by atoms with Gasteiger partial charge in [-0.05, 0) is 24.3 Å². The molecule has 0 unspecified atom stereocenters. The van der Waals surface area contributed by atoms with Gasteiger partial charge in [-0.2, -0.15) is 5.10 Å². The maximum atomic E-state index is 12.4. The molecular weight excluding hydrogens is 396 g/mol. The van der Waals surface area contributed by atoms with E-state index in [4.69, 9.17) is 9.47 Å². The molecule has 0 radical (unpaired) electrons. The van der Waals surface area contributed by atoms with Crippen LogP contribution in [-0.4, -0.2) is 41.0 Å². The Bertz CT molecular complexity index is 1150. The van der Waals surface area contributed by atoms with Crippen molar-refractivity contribution in [1.82, 2.24) is 21.0 Å². The predicted octanol–water partition coefficient (Wildman–Crippen LogP) is 1.25. The molecule has 0 fully saturated rings. The van der Waals surface area contributed by atoms with Gasteiger partial charge in [0.25, 0.3) is 11.5 Å². The number of hydrogen-bond donors (Lipinski definition) is 3. The number of rotatable bonds is 4. The number of amides is 2. The monoisotopic (exact) mass is 412 g/mol. The number of fused-ring (bicyclic) bond motifs is 2. The van der Waals surface area contributed by atoms with Gasteiger partial charge in [0.05, 0.1) is 11.1 Å². The third-order valence-electron chi connectivity index (χ3n) is 4.11. The van der Waals surface area contributed by atoms with Crippen LogP contribution in [0.25, 0.3) is 10.8 Å². The van der Waals surface area contributed by atoms with Crippen molar-refractivity contribution in [2.24, 2.45) is 0 Å². The highest BCUT2D eigenvalue weighted by atomic mass is 32.2. The van der Waals surface area contributed by atoms with Gasteiger partial charge in [-0.1, -0.05) is 18.2 Å². The summed E-state index contributed by atoms with van der Waals surface area (Å²) in [5.41, 5.74) is 4.28. The minimum absolute atomic E-state index is 0.0139. The molecule has 3 aromatic rings. The molecule has 0 bridgehead atoms. The van der Waals surface area contributed by atoms with E-state index < -0.39 is 17.4 Å². The molecule has 2 heterocycles. The van der Waals surface area contributed by atoms with Crippen molar-refractivity contribution in [3.8, 4) is 11.5 Å². The smallest absolute Gasteiger partial charge is 0.290 e. The maximum Gasteiger partial charge on any atom is 0.290 e. The molecule has 2 aromatic carbocycles. The molecule has 1 aliphatic heterocycles. The third kappa shape index (κ3) is 4.16. The van der Waals surface area contributed by atoms with Crippen LogP contribution in [0.5, 0.6) is 11.5 Å². The highest BCUT2D eigenvalue weighted by Gasteiger charge is 2.15. The number of hydrazine groups is 1. The van der Waals surface area contributed by atoms with Crippen LogP contribution in [0.15, 0.2) is 52.2 Å². The fourth-order valence-corrected chi connectivity index (χ4v) is 3.50. The van der Waals surface area contributed by atoms with Crippen molar-refractivity contribution >= 4 is 34.3 Å². The SMILES string of the molecule is O=C(CSc1ccc2c(c1)OCCO2)NNC(=O)c1n[nH]c(=O)c2ccccc12. The summed E-state index contributed by atoms with van der Waals surface area (Å²) in [6.45, 7) is 1.00. The van der Waals surface area contributed by atoms with Crippen LogP contribution in [-0.2, 0) is 4.79 Å². The van der Waals surface area contributed by atoms with Crippen LogP contribution in [0.1, 0.15) is 10.5 Å². The second-order valence-corrected chi connectivity index (χ2v) is 7.09. The average molecular weight is 412 g/mol. The van der Waals surface area contributed by atoms with E-state index in [9.17, 15) is 14.4 Å². The van der Waals surface area contributed by atoms with Crippen LogP contribution >= 0.6 is 11.8 Å². The summed E-state index contributed by atoms with van der Waals surface area (Å²) in [5, 5.41) is 6.80. The molecule has 4 rings (SSSR count). The van der Waals surface area contributed by atoms with Gasteiger partial charge in [-0.3, -0.25) is 25.2 Å². The van der Waals surface area contributed by atoms with Crippen molar-refractivity contribution in [2.75, 3.05) is 19.0 Å².